The molecule has 0 radical (unpaired) electrons. The van der Waals surface area contributed by atoms with Gasteiger partial charge in [-0.15, -0.1) is 0 Å². The molecule has 0 bridgehead atoms. The first-order chi connectivity index (χ1) is 12.8. The van der Waals surface area contributed by atoms with Crippen molar-refractivity contribution in [2.45, 2.75) is 50.2 Å². The van der Waals surface area contributed by atoms with Crippen molar-refractivity contribution in [2.75, 3.05) is 30.8 Å². The van der Waals surface area contributed by atoms with Gasteiger partial charge in [-0.2, -0.15) is 5.10 Å². The van der Waals surface area contributed by atoms with Crippen molar-refractivity contribution in [1.82, 2.24) is 25.1 Å². The number of amides is 1. The van der Waals surface area contributed by atoms with E-state index in [1.54, 1.807) is 11.8 Å². The van der Waals surface area contributed by atoms with Gasteiger partial charge in [-0.05, 0) is 38.4 Å². The minimum absolute atomic E-state index is 0.182. The Morgan fingerprint density at radius 2 is 2.04 bits per heavy atom. The molecule has 2 aromatic heterocycles. The van der Waals surface area contributed by atoms with Crippen molar-refractivity contribution < 1.29 is 4.79 Å². The zero-order valence-corrected chi connectivity index (χ0v) is 16.1. The fourth-order valence-corrected chi connectivity index (χ4v) is 3.98. The summed E-state index contributed by atoms with van der Waals surface area (Å²) in [5, 5.41) is 9.35. The Balaban J connectivity index is 1.52. The molecule has 1 N–H and O–H groups in total. The molecule has 0 spiro atoms. The number of nitrogens with one attached hydrogen (secondary N) is 1. The van der Waals surface area contributed by atoms with Crippen LogP contribution in [-0.2, 0) is 11.3 Å². The summed E-state index contributed by atoms with van der Waals surface area (Å²) in [5.41, 5.74) is 0.864. The molecule has 0 atom stereocenters. The lowest BCUT2D eigenvalue weighted by Crippen LogP contribution is -2.36. The summed E-state index contributed by atoms with van der Waals surface area (Å²) in [6.45, 7) is 3.31. The number of carbonyl (C=O) groups is 1. The lowest BCUT2D eigenvalue weighted by molar-refractivity contribution is -0.127. The van der Waals surface area contributed by atoms with E-state index in [-0.39, 0.29) is 11.8 Å². The number of hydrogen-bond acceptors (Lipinski definition) is 6. The van der Waals surface area contributed by atoms with Crippen molar-refractivity contribution in [3.05, 3.63) is 6.20 Å². The van der Waals surface area contributed by atoms with Gasteiger partial charge in [0.15, 0.2) is 10.8 Å². The smallest absolute Gasteiger partial charge is 0.223 e. The third-order valence-electron chi connectivity index (χ3n) is 5.39. The van der Waals surface area contributed by atoms with Crippen molar-refractivity contribution in [1.29, 1.82) is 0 Å². The van der Waals surface area contributed by atoms with Crippen LogP contribution in [0.3, 0.4) is 0 Å². The van der Waals surface area contributed by atoms with Crippen molar-refractivity contribution in [3.8, 4) is 0 Å². The average Bonchev–Trinajstić information content (AvgIpc) is 3.03. The van der Waals surface area contributed by atoms with E-state index in [1.165, 1.54) is 25.7 Å². The Morgan fingerprint density at radius 1 is 1.23 bits per heavy atom. The maximum absolute atomic E-state index is 12.0. The number of aromatic nitrogens is 4. The molecule has 1 aliphatic heterocycles. The molecule has 2 aliphatic rings. The second-order valence-electron chi connectivity index (χ2n) is 7.11. The van der Waals surface area contributed by atoms with Crippen LogP contribution in [0.1, 0.15) is 38.5 Å². The minimum Gasteiger partial charge on any atom is -0.356 e. The lowest BCUT2D eigenvalue weighted by Gasteiger charge is -2.28. The van der Waals surface area contributed by atoms with Gasteiger partial charge < -0.3 is 10.2 Å². The molecule has 1 amide bonds. The van der Waals surface area contributed by atoms with Crippen LogP contribution in [0.5, 0.6) is 0 Å². The number of thioether (sulfide) groups is 1. The second kappa shape index (κ2) is 7.82. The highest BCUT2D eigenvalue weighted by molar-refractivity contribution is 7.98. The molecule has 0 aromatic carbocycles. The first-order valence-electron chi connectivity index (χ1n) is 9.56. The van der Waals surface area contributed by atoms with Gasteiger partial charge in [0.2, 0.25) is 5.91 Å². The maximum atomic E-state index is 12.0. The number of piperidine rings is 1. The van der Waals surface area contributed by atoms with E-state index in [9.17, 15) is 4.79 Å². The molecule has 26 heavy (non-hydrogen) atoms. The van der Waals surface area contributed by atoms with Gasteiger partial charge in [-0.25, -0.2) is 14.6 Å². The molecule has 1 aliphatic carbocycles. The SMILES string of the molecule is CSc1nc(N2CCCCC2)c2cnn(CCNC(=O)C3CCC3)c2n1. The zero-order chi connectivity index (χ0) is 17.9. The lowest BCUT2D eigenvalue weighted by atomic mass is 9.85. The van der Waals surface area contributed by atoms with Crippen LogP contribution in [0.2, 0.25) is 0 Å². The van der Waals surface area contributed by atoms with Crippen LogP contribution in [0, 0.1) is 5.92 Å². The minimum atomic E-state index is 0.182. The summed E-state index contributed by atoms with van der Waals surface area (Å²) in [4.78, 5) is 23.8. The fraction of sp³-hybridized carbons (Fsp3) is 0.667. The van der Waals surface area contributed by atoms with Crippen molar-refractivity contribution in [3.63, 3.8) is 0 Å². The standard InChI is InChI=1S/C18H26N6OS/c1-26-18-21-15(23-9-3-2-4-10-23)14-12-20-24(16(14)22-18)11-8-19-17(25)13-6-5-7-13/h12-13H,2-11H2,1H3,(H,19,25). The number of anilines is 1. The van der Waals surface area contributed by atoms with Gasteiger partial charge in [0.25, 0.3) is 0 Å². The quantitative estimate of drug-likeness (QED) is 0.618. The molecule has 2 fully saturated rings. The molecule has 0 unspecified atom stereocenters. The normalized spacial score (nSPS) is 18.1. The van der Waals surface area contributed by atoms with Gasteiger partial charge in [0.1, 0.15) is 5.82 Å². The summed E-state index contributed by atoms with van der Waals surface area (Å²) < 4.78 is 1.89. The van der Waals surface area contributed by atoms with E-state index in [4.69, 9.17) is 4.98 Å². The summed E-state index contributed by atoms with van der Waals surface area (Å²) in [5.74, 6) is 1.41. The Bertz CT molecular complexity index is 781. The molecule has 140 valence electrons. The highest BCUT2D eigenvalue weighted by atomic mass is 32.2. The van der Waals surface area contributed by atoms with Gasteiger partial charge in [0, 0.05) is 25.6 Å². The number of fused-ring (bicyclic) bond motifs is 1. The van der Waals surface area contributed by atoms with Crippen LogP contribution < -0.4 is 10.2 Å². The van der Waals surface area contributed by atoms with Crippen molar-refractivity contribution >= 4 is 34.5 Å². The summed E-state index contributed by atoms with van der Waals surface area (Å²) >= 11 is 1.56. The topological polar surface area (TPSA) is 75.9 Å². The maximum Gasteiger partial charge on any atom is 0.223 e. The predicted octanol–water partition coefficient (Wildman–Crippen LogP) is 2.45. The van der Waals surface area contributed by atoms with Crippen LogP contribution in [-0.4, -0.2) is 51.5 Å². The highest BCUT2D eigenvalue weighted by Gasteiger charge is 2.25. The van der Waals surface area contributed by atoms with Crippen molar-refractivity contribution in [2.24, 2.45) is 5.92 Å². The highest BCUT2D eigenvalue weighted by Crippen LogP contribution is 2.28. The molecule has 3 heterocycles. The summed E-state index contributed by atoms with van der Waals surface area (Å²) in [7, 11) is 0. The second-order valence-corrected chi connectivity index (χ2v) is 7.88. The number of nitrogens with zero attached hydrogens (tertiary/aromatic N) is 5. The van der Waals surface area contributed by atoms with Gasteiger partial charge in [0.05, 0.1) is 18.1 Å². The largest absolute Gasteiger partial charge is 0.356 e. The number of rotatable bonds is 6. The first-order valence-corrected chi connectivity index (χ1v) is 10.8. The molecule has 4 rings (SSSR count). The molecular weight excluding hydrogens is 348 g/mol. The van der Waals surface area contributed by atoms with E-state index in [0.29, 0.717) is 13.1 Å². The predicted molar refractivity (Wildman–Crippen MR) is 104 cm³/mol. The third-order valence-corrected chi connectivity index (χ3v) is 5.94. The van der Waals surface area contributed by atoms with Crippen LogP contribution in [0.25, 0.3) is 11.0 Å². The zero-order valence-electron chi connectivity index (χ0n) is 15.3. The van der Waals surface area contributed by atoms with E-state index in [1.807, 2.05) is 17.1 Å². The van der Waals surface area contributed by atoms with Gasteiger partial charge in [-0.1, -0.05) is 18.2 Å². The van der Waals surface area contributed by atoms with E-state index in [0.717, 1.165) is 47.9 Å². The van der Waals surface area contributed by atoms with E-state index < -0.39 is 0 Å². The van der Waals surface area contributed by atoms with E-state index in [2.05, 4.69) is 20.3 Å². The summed E-state index contributed by atoms with van der Waals surface area (Å²) in [6, 6.07) is 0. The molecule has 1 saturated heterocycles. The summed E-state index contributed by atoms with van der Waals surface area (Å²) in [6.07, 6.45) is 10.8. The van der Waals surface area contributed by atoms with Crippen LogP contribution in [0.15, 0.2) is 11.4 Å². The average molecular weight is 375 g/mol. The molecule has 1 saturated carbocycles. The Labute approximate surface area is 157 Å². The molecular formula is C18H26N6OS. The van der Waals surface area contributed by atoms with Gasteiger partial charge >= 0.3 is 0 Å². The Hall–Kier alpha value is -1.83. The van der Waals surface area contributed by atoms with E-state index >= 15 is 0 Å². The molecule has 2 aromatic rings. The van der Waals surface area contributed by atoms with Gasteiger partial charge in [-0.3, -0.25) is 4.79 Å². The van der Waals surface area contributed by atoms with Crippen LogP contribution in [0.4, 0.5) is 5.82 Å². The Kier molecular flexibility index (Phi) is 5.28. The van der Waals surface area contributed by atoms with Crippen LogP contribution >= 0.6 is 11.8 Å². The number of carbonyl (C=O) groups excluding carboxylic acids is 1. The third kappa shape index (κ3) is 3.51. The Morgan fingerprint density at radius 3 is 2.73 bits per heavy atom. The molecule has 8 heteroatoms. The molecule has 7 nitrogen and oxygen atoms in total. The fourth-order valence-electron chi connectivity index (χ4n) is 3.62. The monoisotopic (exact) mass is 374 g/mol. The first kappa shape index (κ1) is 17.6. The number of hydrogen-bond donors (Lipinski definition) is 1.